The summed E-state index contributed by atoms with van der Waals surface area (Å²) in [5.74, 6) is -1.07. The standard InChI is InChI=1S/C6H3Cl2FN2O2.C6H4Cl2N2O2/c7-2-1-3(11(12)13)6(10)5(9)4(2)8;7-3-1-5(9)6(10(11)12)2-4(3)8/h1H,10H2;1-2H,9H2. The third-order valence-corrected chi connectivity index (χ3v) is 4.13. The molecule has 0 saturated carbocycles. The molecule has 0 bridgehead atoms. The predicted molar refractivity (Wildman–Crippen MR) is 95.0 cm³/mol. The van der Waals surface area contributed by atoms with E-state index in [1.54, 1.807) is 0 Å². The highest BCUT2D eigenvalue weighted by atomic mass is 35.5. The normalized spacial score (nSPS) is 9.96. The first-order valence-corrected chi connectivity index (χ1v) is 7.44. The molecule has 2 aromatic carbocycles. The average Bonchev–Trinajstić information content (AvgIpc) is 2.52. The van der Waals surface area contributed by atoms with Gasteiger partial charge in [0.2, 0.25) is 0 Å². The number of nitro benzene ring substituents is 2. The van der Waals surface area contributed by atoms with Crippen molar-refractivity contribution >= 4 is 69.2 Å². The SMILES string of the molecule is Nc1c([N+](=O)[O-])cc(Cl)c(Cl)c1F.Nc1cc(Cl)c(Cl)cc1[N+](=O)[O-]. The first-order chi connectivity index (χ1) is 11.5. The molecule has 0 aliphatic carbocycles. The van der Waals surface area contributed by atoms with Crippen LogP contribution in [0.15, 0.2) is 18.2 Å². The molecule has 8 nitrogen and oxygen atoms in total. The number of halogens is 5. The van der Waals surface area contributed by atoms with E-state index in [2.05, 4.69) is 0 Å². The van der Waals surface area contributed by atoms with E-state index in [0.717, 1.165) is 12.1 Å². The van der Waals surface area contributed by atoms with Crippen molar-refractivity contribution in [2.75, 3.05) is 11.5 Å². The molecule has 0 spiro atoms. The largest absolute Gasteiger partial charge is 0.393 e. The quantitative estimate of drug-likeness (QED) is 0.293. The fraction of sp³-hybridized carbons (Fsp3) is 0. The zero-order chi connectivity index (χ0) is 19.5. The third kappa shape index (κ3) is 4.95. The molecule has 0 amide bonds. The van der Waals surface area contributed by atoms with Crippen molar-refractivity contribution in [3.05, 3.63) is 64.3 Å². The van der Waals surface area contributed by atoms with Crippen molar-refractivity contribution in [2.24, 2.45) is 0 Å². The molecule has 25 heavy (non-hydrogen) atoms. The van der Waals surface area contributed by atoms with Crippen LogP contribution in [0.4, 0.5) is 27.1 Å². The van der Waals surface area contributed by atoms with Crippen LogP contribution in [0.2, 0.25) is 20.1 Å². The Morgan fingerprint density at radius 2 is 1.28 bits per heavy atom. The maximum Gasteiger partial charge on any atom is 0.296 e. The van der Waals surface area contributed by atoms with Crippen LogP contribution in [0.1, 0.15) is 0 Å². The zero-order valence-electron chi connectivity index (χ0n) is 11.8. The molecule has 0 aliphatic rings. The van der Waals surface area contributed by atoms with Crippen LogP contribution in [0.5, 0.6) is 0 Å². The minimum absolute atomic E-state index is 0.00870. The molecule has 0 heterocycles. The Kier molecular flexibility index (Phi) is 7.00. The lowest BCUT2D eigenvalue weighted by Crippen LogP contribution is -1.99. The monoisotopic (exact) mass is 430 g/mol. The molecule has 0 atom stereocenters. The molecule has 0 fully saturated rings. The van der Waals surface area contributed by atoms with Gasteiger partial charge in [-0.2, -0.15) is 0 Å². The molecule has 0 aliphatic heterocycles. The Hall–Kier alpha value is -2.07. The van der Waals surface area contributed by atoms with Crippen LogP contribution in [0.3, 0.4) is 0 Å². The van der Waals surface area contributed by atoms with E-state index in [9.17, 15) is 24.6 Å². The van der Waals surface area contributed by atoms with Crippen LogP contribution < -0.4 is 11.5 Å². The van der Waals surface area contributed by atoms with Crippen molar-refractivity contribution in [2.45, 2.75) is 0 Å². The number of nitrogens with zero attached hydrogens (tertiary/aromatic N) is 2. The molecule has 0 saturated heterocycles. The van der Waals surface area contributed by atoms with Gasteiger partial charge in [-0.05, 0) is 6.07 Å². The number of nitrogen functional groups attached to an aromatic ring is 2. The lowest BCUT2D eigenvalue weighted by molar-refractivity contribution is -0.384. The number of anilines is 2. The number of nitrogens with two attached hydrogens (primary N) is 2. The van der Waals surface area contributed by atoms with Gasteiger partial charge < -0.3 is 11.5 Å². The maximum absolute atomic E-state index is 13.0. The number of hydrogen-bond donors (Lipinski definition) is 2. The summed E-state index contributed by atoms with van der Waals surface area (Å²) in [7, 11) is 0. The molecule has 0 radical (unpaired) electrons. The molecule has 134 valence electrons. The fourth-order valence-corrected chi connectivity index (χ4v) is 2.13. The Labute approximate surface area is 159 Å². The molecule has 0 aromatic heterocycles. The summed E-state index contributed by atoms with van der Waals surface area (Å²) in [4.78, 5) is 19.2. The molecular formula is C12H7Cl4FN4O4. The Bertz CT molecular complexity index is 866. The molecule has 13 heteroatoms. The summed E-state index contributed by atoms with van der Waals surface area (Å²) in [6.45, 7) is 0. The van der Waals surface area contributed by atoms with Gasteiger partial charge in [-0.15, -0.1) is 0 Å². The van der Waals surface area contributed by atoms with Crippen LogP contribution in [0.25, 0.3) is 0 Å². The highest BCUT2D eigenvalue weighted by Gasteiger charge is 2.21. The number of rotatable bonds is 2. The summed E-state index contributed by atoms with van der Waals surface area (Å²) in [6.07, 6.45) is 0. The van der Waals surface area contributed by atoms with E-state index in [1.165, 1.54) is 6.07 Å². The van der Waals surface area contributed by atoms with E-state index in [0.29, 0.717) is 0 Å². The summed E-state index contributed by atoms with van der Waals surface area (Å²) in [5.41, 5.74) is 8.97. The first kappa shape index (κ1) is 21.0. The minimum atomic E-state index is -1.07. The van der Waals surface area contributed by atoms with Crippen LogP contribution >= 0.6 is 46.4 Å². The highest BCUT2D eigenvalue weighted by Crippen LogP contribution is 2.35. The van der Waals surface area contributed by atoms with Gasteiger partial charge in [0, 0.05) is 12.1 Å². The summed E-state index contributed by atoms with van der Waals surface area (Å²) >= 11 is 21.8. The van der Waals surface area contributed by atoms with E-state index in [1.807, 2.05) is 0 Å². The predicted octanol–water partition coefficient (Wildman–Crippen LogP) is 5.11. The second-order valence-corrected chi connectivity index (χ2v) is 5.86. The first-order valence-electron chi connectivity index (χ1n) is 5.93. The van der Waals surface area contributed by atoms with E-state index in [-0.39, 0.29) is 26.4 Å². The molecule has 4 N–H and O–H groups in total. The van der Waals surface area contributed by atoms with E-state index < -0.39 is 32.1 Å². The lowest BCUT2D eigenvalue weighted by Gasteiger charge is -2.01. The van der Waals surface area contributed by atoms with Crippen molar-refractivity contribution in [1.29, 1.82) is 0 Å². The van der Waals surface area contributed by atoms with Gasteiger partial charge in [-0.25, -0.2) is 4.39 Å². The third-order valence-electron chi connectivity index (χ3n) is 2.64. The van der Waals surface area contributed by atoms with Gasteiger partial charge in [0.25, 0.3) is 11.4 Å². The lowest BCUT2D eigenvalue weighted by atomic mass is 10.2. The van der Waals surface area contributed by atoms with E-state index >= 15 is 0 Å². The molecular weight excluding hydrogens is 425 g/mol. The minimum Gasteiger partial charge on any atom is -0.393 e. The van der Waals surface area contributed by atoms with Gasteiger partial charge in [0.1, 0.15) is 11.4 Å². The molecule has 2 aromatic rings. The van der Waals surface area contributed by atoms with Gasteiger partial charge in [0.05, 0.1) is 29.9 Å². The van der Waals surface area contributed by atoms with Gasteiger partial charge in [0.15, 0.2) is 5.82 Å². The van der Waals surface area contributed by atoms with Crippen LogP contribution in [0, 0.1) is 26.0 Å². The molecule has 2 rings (SSSR count). The fourth-order valence-electron chi connectivity index (χ4n) is 1.46. The Morgan fingerprint density at radius 1 is 0.840 bits per heavy atom. The number of nitro groups is 2. The zero-order valence-corrected chi connectivity index (χ0v) is 14.8. The second-order valence-electron chi connectivity index (χ2n) is 4.26. The van der Waals surface area contributed by atoms with Crippen molar-refractivity contribution in [3.8, 4) is 0 Å². The summed E-state index contributed by atoms with van der Waals surface area (Å²) in [5, 5.41) is 20.3. The molecule has 0 unspecified atom stereocenters. The van der Waals surface area contributed by atoms with Gasteiger partial charge in [-0.3, -0.25) is 20.2 Å². The van der Waals surface area contributed by atoms with Crippen molar-refractivity contribution < 1.29 is 14.2 Å². The highest BCUT2D eigenvalue weighted by molar-refractivity contribution is 6.43. The number of hydrogen-bond acceptors (Lipinski definition) is 6. The summed E-state index contributed by atoms with van der Waals surface area (Å²) < 4.78 is 13.0. The van der Waals surface area contributed by atoms with Gasteiger partial charge >= 0.3 is 0 Å². The average molecular weight is 432 g/mol. The van der Waals surface area contributed by atoms with Gasteiger partial charge in [-0.1, -0.05) is 46.4 Å². The van der Waals surface area contributed by atoms with Crippen LogP contribution in [-0.4, -0.2) is 9.85 Å². The second kappa shape index (κ2) is 8.34. The Morgan fingerprint density at radius 3 is 1.76 bits per heavy atom. The Balaban J connectivity index is 0.000000251. The number of benzene rings is 2. The van der Waals surface area contributed by atoms with Crippen molar-refractivity contribution in [1.82, 2.24) is 0 Å². The smallest absolute Gasteiger partial charge is 0.296 e. The summed E-state index contributed by atoms with van der Waals surface area (Å²) in [6, 6.07) is 3.28. The maximum atomic E-state index is 13.0. The van der Waals surface area contributed by atoms with Crippen molar-refractivity contribution in [3.63, 3.8) is 0 Å². The van der Waals surface area contributed by atoms with Crippen LogP contribution in [-0.2, 0) is 0 Å². The van der Waals surface area contributed by atoms with E-state index in [4.69, 9.17) is 57.9 Å². The topological polar surface area (TPSA) is 138 Å².